The van der Waals surface area contributed by atoms with E-state index < -0.39 is 29.1 Å². The van der Waals surface area contributed by atoms with Crippen molar-refractivity contribution >= 4 is 17.5 Å². The summed E-state index contributed by atoms with van der Waals surface area (Å²) in [5.41, 5.74) is -1.52. The van der Waals surface area contributed by atoms with Gasteiger partial charge in [-0.2, -0.15) is 18.4 Å². The van der Waals surface area contributed by atoms with Gasteiger partial charge in [0, 0.05) is 5.69 Å². The van der Waals surface area contributed by atoms with Gasteiger partial charge >= 0.3 is 6.18 Å². The molecule has 1 aliphatic heterocycles. The third kappa shape index (κ3) is 2.71. The number of anilines is 1. The van der Waals surface area contributed by atoms with Crippen LogP contribution in [0.4, 0.5) is 18.9 Å². The highest BCUT2D eigenvalue weighted by atomic mass is 19.4. The van der Waals surface area contributed by atoms with E-state index in [1.807, 2.05) is 0 Å². The summed E-state index contributed by atoms with van der Waals surface area (Å²) < 4.78 is 38.5. The topological polar surface area (TPSA) is 73.2 Å². The van der Waals surface area contributed by atoms with Gasteiger partial charge in [-0.05, 0) is 18.2 Å². The highest BCUT2D eigenvalue weighted by Gasteiger charge is 2.34. The van der Waals surface area contributed by atoms with Gasteiger partial charge < -0.3 is 4.90 Å². The molecule has 1 saturated heterocycles. The van der Waals surface area contributed by atoms with Crippen molar-refractivity contribution in [2.24, 2.45) is 0 Å². The smallest absolute Gasteiger partial charge is 0.353 e. The van der Waals surface area contributed by atoms with Crippen molar-refractivity contribution in [2.45, 2.75) is 6.18 Å². The summed E-state index contributed by atoms with van der Waals surface area (Å²) in [6, 6.07) is 4.53. The van der Waals surface area contributed by atoms with Crippen LogP contribution < -0.4 is 10.2 Å². The molecule has 0 unspecified atom stereocenters. The number of nitrogens with zero attached hydrogens (tertiary/aromatic N) is 2. The fourth-order valence-corrected chi connectivity index (χ4v) is 1.88. The molecule has 0 aliphatic carbocycles. The van der Waals surface area contributed by atoms with Crippen LogP contribution in [0.25, 0.3) is 0 Å². The molecule has 8 heteroatoms. The van der Waals surface area contributed by atoms with E-state index in [9.17, 15) is 22.8 Å². The molecule has 1 aliphatic rings. The predicted molar refractivity (Wildman–Crippen MR) is 61.5 cm³/mol. The molecule has 1 fully saturated rings. The fourth-order valence-electron chi connectivity index (χ4n) is 1.88. The molecule has 0 spiro atoms. The van der Waals surface area contributed by atoms with E-state index in [4.69, 9.17) is 5.26 Å². The van der Waals surface area contributed by atoms with Gasteiger partial charge in [0.25, 0.3) is 0 Å². The quantitative estimate of drug-likeness (QED) is 0.782. The van der Waals surface area contributed by atoms with Gasteiger partial charge in [0.1, 0.15) is 0 Å². The van der Waals surface area contributed by atoms with Crippen LogP contribution in [-0.4, -0.2) is 24.9 Å². The van der Waals surface area contributed by atoms with Gasteiger partial charge in [-0.15, -0.1) is 0 Å². The van der Waals surface area contributed by atoms with Crippen molar-refractivity contribution in [3.8, 4) is 6.07 Å². The second kappa shape index (κ2) is 4.85. The lowest BCUT2D eigenvalue weighted by Gasteiger charge is -2.28. The van der Waals surface area contributed by atoms with Gasteiger partial charge in [-0.1, -0.05) is 0 Å². The van der Waals surface area contributed by atoms with E-state index in [0.29, 0.717) is 0 Å². The van der Waals surface area contributed by atoms with Gasteiger partial charge in [0.2, 0.25) is 11.8 Å². The van der Waals surface area contributed by atoms with Crippen LogP contribution in [-0.2, 0) is 15.8 Å². The maximum absolute atomic E-state index is 12.8. The van der Waals surface area contributed by atoms with Crippen molar-refractivity contribution < 1.29 is 22.8 Å². The summed E-state index contributed by atoms with van der Waals surface area (Å²) in [7, 11) is 0. The molecular formula is C12H8F3N3O2. The first-order valence-electron chi connectivity index (χ1n) is 5.50. The Hall–Kier alpha value is -2.56. The largest absolute Gasteiger partial charge is 0.417 e. The van der Waals surface area contributed by atoms with Crippen LogP contribution in [0.15, 0.2) is 18.2 Å². The van der Waals surface area contributed by atoms with Gasteiger partial charge in [0.05, 0.1) is 30.3 Å². The molecule has 2 amide bonds. The summed E-state index contributed by atoms with van der Waals surface area (Å²) in [5.74, 6) is -1.17. The number of hydrogen-bond acceptors (Lipinski definition) is 4. The first-order valence-corrected chi connectivity index (χ1v) is 5.50. The average molecular weight is 283 g/mol. The number of benzene rings is 1. The molecule has 104 valence electrons. The van der Waals surface area contributed by atoms with Crippen LogP contribution in [0.3, 0.4) is 0 Å². The predicted octanol–water partition coefficient (Wildman–Crippen LogP) is 1.04. The second-order valence-electron chi connectivity index (χ2n) is 4.17. The third-order valence-corrected chi connectivity index (χ3v) is 2.74. The van der Waals surface area contributed by atoms with Crippen molar-refractivity contribution in [1.29, 1.82) is 5.26 Å². The highest BCUT2D eigenvalue weighted by molar-refractivity contribution is 6.02. The summed E-state index contributed by atoms with van der Waals surface area (Å²) >= 11 is 0. The molecule has 0 bridgehead atoms. The number of nitriles is 1. The van der Waals surface area contributed by atoms with Crippen molar-refractivity contribution in [1.82, 2.24) is 5.32 Å². The van der Waals surface area contributed by atoms with Crippen LogP contribution in [0.1, 0.15) is 11.1 Å². The number of nitrogens with one attached hydrogen (secondary N) is 1. The van der Waals surface area contributed by atoms with E-state index in [1.54, 1.807) is 0 Å². The van der Waals surface area contributed by atoms with Gasteiger partial charge in [-0.25, -0.2) is 0 Å². The average Bonchev–Trinajstić information content (AvgIpc) is 2.35. The summed E-state index contributed by atoms with van der Waals surface area (Å²) in [6.45, 7) is -0.427. The molecule has 0 aromatic heterocycles. The Balaban J connectivity index is 2.41. The number of rotatable bonds is 1. The zero-order valence-corrected chi connectivity index (χ0v) is 9.99. The number of alkyl halides is 3. The summed E-state index contributed by atoms with van der Waals surface area (Å²) in [5, 5.41) is 10.7. The summed E-state index contributed by atoms with van der Waals surface area (Å²) in [4.78, 5) is 23.6. The van der Waals surface area contributed by atoms with Crippen LogP contribution in [0.2, 0.25) is 0 Å². The molecule has 20 heavy (non-hydrogen) atoms. The molecule has 1 N–H and O–H groups in total. The number of hydrogen-bond donors (Lipinski definition) is 1. The molecule has 1 aromatic rings. The zero-order valence-electron chi connectivity index (χ0n) is 9.99. The Kier molecular flexibility index (Phi) is 3.36. The van der Waals surface area contributed by atoms with Crippen molar-refractivity contribution in [3.63, 3.8) is 0 Å². The van der Waals surface area contributed by atoms with Crippen LogP contribution in [0, 0.1) is 11.3 Å². The standard InChI is InChI=1S/C12H8F3N3O2/c13-12(14,15)9-3-8(2-1-7(9)4-16)18-5-10(19)17-11(20)6-18/h1-3H,5-6H2,(H,17,19,20). The minimum absolute atomic E-state index is 0.0690. The molecule has 0 saturated carbocycles. The highest BCUT2D eigenvalue weighted by Crippen LogP contribution is 2.34. The lowest BCUT2D eigenvalue weighted by molar-refractivity contribution is -0.137. The Bertz CT molecular complexity index is 603. The molecule has 5 nitrogen and oxygen atoms in total. The minimum Gasteiger partial charge on any atom is -0.353 e. The van der Waals surface area contributed by atoms with Crippen molar-refractivity contribution in [3.05, 3.63) is 29.3 Å². The maximum atomic E-state index is 12.8. The van der Waals surface area contributed by atoms with E-state index in [1.165, 1.54) is 17.0 Å². The molecule has 0 radical (unpaired) electrons. The Morgan fingerprint density at radius 3 is 2.30 bits per heavy atom. The van der Waals surface area contributed by atoms with E-state index >= 15 is 0 Å². The van der Waals surface area contributed by atoms with Gasteiger partial charge in [0.15, 0.2) is 0 Å². The first-order chi connectivity index (χ1) is 9.31. The Labute approximate surface area is 111 Å². The van der Waals surface area contributed by atoms with Crippen LogP contribution >= 0.6 is 0 Å². The normalized spacial score (nSPS) is 15.8. The monoisotopic (exact) mass is 283 g/mol. The number of carbonyl (C=O) groups is 2. The number of imide groups is 1. The van der Waals surface area contributed by atoms with Gasteiger partial charge in [-0.3, -0.25) is 14.9 Å². The number of amides is 2. The number of carbonyl (C=O) groups excluding carboxylic acids is 2. The summed E-state index contributed by atoms with van der Waals surface area (Å²) in [6.07, 6.45) is -4.68. The van der Waals surface area contributed by atoms with E-state index in [2.05, 4.69) is 5.32 Å². The van der Waals surface area contributed by atoms with Crippen LogP contribution in [0.5, 0.6) is 0 Å². The molecule has 1 heterocycles. The maximum Gasteiger partial charge on any atom is 0.417 e. The fraction of sp³-hybridized carbons (Fsp3) is 0.250. The molecule has 1 aromatic carbocycles. The first kappa shape index (κ1) is 13.9. The molecule has 2 rings (SSSR count). The van der Waals surface area contributed by atoms with E-state index in [-0.39, 0.29) is 18.8 Å². The third-order valence-electron chi connectivity index (χ3n) is 2.74. The molecule has 0 atom stereocenters. The SMILES string of the molecule is N#Cc1ccc(N2CC(=O)NC(=O)C2)cc1C(F)(F)F. The lowest BCUT2D eigenvalue weighted by atomic mass is 10.1. The zero-order chi connectivity index (χ0) is 14.9. The Morgan fingerprint density at radius 2 is 1.80 bits per heavy atom. The lowest BCUT2D eigenvalue weighted by Crippen LogP contribution is -2.51. The van der Waals surface area contributed by atoms with E-state index in [0.717, 1.165) is 12.1 Å². The Morgan fingerprint density at radius 1 is 1.20 bits per heavy atom. The minimum atomic E-state index is -4.68. The molecular weight excluding hydrogens is 275 g/mol. The van der Waals surface area contributed by atoms with Crippen molar-refractivity contribution in [2.75, 3.05) is 18.0 Å². The number of piperazine rings is 1. The second-order valence-corrected chi connectivity index (χ2v) is 4.17. The number of halogens is 3.